The molecule has 2 rings (SSSR count). The third kappa shape index (κ3) is 16.7. The summed E-state index contributed by atoms with van der Waals surface area (Å²) in [7, 11) is 1.83. The first-order chi connectivity index (χ1) is 11.2. The first-order valence-electron chi connectivity index (χ1n) is 8.03. The molecule has 0 aromatic heterocycles. The van der Waals surface area contributed by atoms with Gasteiger partial charge in [0.25, 0.3) is 6.79 Å². The molecule has 4 heteroatoms. The van der Waals surface area contributed by atoms with Crippen LogP contribution in [0.2, 0.25) is 0 Å². The quantitative estimate of drug-likeness (QED) is 0.487. The maximum Gasteiger partial charge on any atom is 0.281 e. The molecule has 0 aliphatic rings. The van der Waals surface area contributed by atoms with E-state index in [0.29, 0.717) is 10.3 Å². The topological polar surface area (TPSA) is 17.1 Å². The average Bonchev–Trinajstić information content (AvgIpc) is 2.48. The Balaban J connectivity index is 0. The number of hydrogen-bond donors (Lipinski definition) is 0. The molecule has 0 aliphatic heterocycles. The van der Waals surface area contributed by atoms with Gasteiger partial charge in [-0.2, -0.15) is 0 Å². The molecule has 0 N–H and O–H groups in total. The summed E-state index contributed by atoms with van der Waals surface area (Å²) < 4.78 is 0. The summed E-state index contributed by atoms with van der Waals surface area (Å²) in [6, 6.07) is 21.2. The second-order valence-electron chi connectivity index (χ2n) is 7.48. The van der Waals surface area contributed by atoms with Crippen LogP contribution in [0.4, 0.5) is 0 Å². The van der Waals surface area contributed by atoms with Gasteiger partial charge in [0.05, 0.1) is 0 Å². The minimum Gasteiger partial charge on any atom is -0.281 e. The summed E-state index contributed by atoms with van der Waals surface area (Å²) in [4.78, 5) is 7.50. The van der Waals surface area contributed by atoms with E-state index in [0.717, 1.165) is 17.2 Å². The van der Waals surface area contributed by atoms with Crippen molar-refractivity contribution in [3.8, 4) is 0 Å². The van der Waals surface area contributed by atoms with Crippen LogP contribution in [-0.2, 0) is 21.9 Å². The summed E-state index contributed by atoms with van der Waals surface area (Å²) >= 11 is 0. The molecular weight excluding hydrogens is 386 g/mol. The zero-order valence-corrected chi connectivity index (χ0v) is 19.1. The minimum absolute atomic E-state index is 0. The van der Waals surface area contributed by atoms with Gasteiger partial charge in [-0.05, 0) is 20.9 Å². The monoisotopic (exact) mass is 416 g/mol. The van der Waals surface area contributed by atoms with E-state index in [4.69, 9.17) is 4.79 Å². The van der Waals surface area contributed by atoms with E-state index in [2.05, 4.69) is 109 Å². The van der Waals surface area contributed by atoms with E-state index >= 15 is 0 Å². The van der Waals surface area contributed by atoms with Crippen molar-refractivity contribution in [1.29, 1.82) is 0 Å². The van der Waals surface area contributed by atoms with Gasteiger partial charge in [-0.25, -0.2) is 0 Å². The van der Waals surface area contributed by atoms with E-state index in [1.165, 1.54) is 10.6 Å². The Morgan fingerprint density at radius 3 is 1.12 bits per heavy atom. The van der Waals surface area contributed by atoms with Crippen molar-refractivity contribution in [2.45, 2.75) is 51.9 Å². The first-order valence-corrected chi connectivity index (χ1v) is 10.0. The smallest absolute Gasteiger partial charge is 0.281 e. The van der Waals surface area contributed by atoms with Crippen molar-refractivity contribution in [2.75, 3.05) is 0 Å². The summed E-state index contributed by atoms with van der Waals surface area (Å²) in [5, 5.41) is 3.82. The second-order valence-corrected chi connectivity index (χ2v) is 12.1. The minimum atomic E-state index is 0. The van der Waals surface area contributed by atoms with Gasteiger partial charge in [0.1, 0.15) is 0 Å². The van der Waals surface area contributed by atoms with E-state index < -0.39 is 0 Å². The molecule has 0 amide bonds. The maximum absolute atomic E-state index is 7.50. The molecule has 0 spiro atoms. The van der Waals surface area contributed by atoms with Crippen LogP contribution in [0.3, 0.4) is 0 Å². The summed E-state index contributed by atoms with van der Waals surface area (Å²) in [5.41, 5.74) is 0. The molecule has 0 heterocycles. The summed E-state index contributed by atoms with van der Waals surface area (Å²) in [6.07, 6.45) is 0. The Kier molecular flexibility index (Phi) is 14.6. The molecule has 1 nitrogen and oxygen atoms in total. The van der Waals surface area contributed by atoms with Crippen LogP contribution in [0.1, 0.15) is 41.5 Å². The van der Waals surface area contributed by atoms with E-state index in [1.54, 1.807) is 0 Å². The van der Waals surface area contributed by atoms with Crippen LogP contribution in [0.25, 0.3) is 0 Å². The number of hydrogen-bond acceptors (Lipinski definition) is 1. The Morgan fingerprint density at radius 1 is 0.640 bits per heavy atom. The molecule has 2 radical (unpaired) electrons. The van der Waals surface area contributed by atoms with Crippen LogP contribution in [0.5, 0.6) is 0 Å². The first kappa shape index (κ1) is 26.7. The molecule has 0 saturated carbocycles. The fourth-order valence-electron chi connectivity index (χ4n) is 2.33. The maximum atomic E-state index is 7.50. The third-order valence-electron chi connectivity index (χ3n) is 2.59. The fourth-order valence-corrected chi connectivity index (χ4v) is 5.64. The molecule has 0 unspecified atom stereocenters. The van der Waals surface area contributed by atoms with Crippen LogP contribution in [0, 0.1) is 0 Å². The number of carbonyl (C=O) groups excluding carboxylic acids is 1. The van der Waals surface area contributed by atoms with Crippen molar-refractivity contribution in [1.82, 2.24) is 0 Å². The molecule has 0 atom stereocenters. The van der Waals surface area contributed by atoms with Crippen LogP contribution >= 0.6 is 17.2 Å². The third-order valence-corrected chi connectivity index (χ3v) is 5.33. The standard InChI is InChI=1S/C12H11P.C8H19P.CO.Fe/c1-3-7-11(8-4-1)13-12-9-5-2-6-10-12;1-7(2,3)9-8(4,5)6;1-2;/h1-10,13H;9H,1-6H3;;. The second kappa shape index (κ2) is 13.7. The molecular formula is C21H30FeOP2. The van der Waals surface area contributed by atoms with Gasteiger partial charge in [-0.1, -0.05) is 111 Å². The Labute approximate surface area is 168 Å². The van der Waals surface area contributed by atoms with E-state index in [1.807, 2.05) is 0 Å². The van der Waals surface area contributed by atoms with E-state index in [-0.39, 0.29) is 17.1 Å². The number of benzene rings is 2. The van der Waals surface area contributed by atoms with Gasteiger partial charge in [-0.15, -0.1) is 8.58 Å². The Bertz CT molecular complexity index is 496. The van der Waals surface area contributed by atoms with Crippen LogP contribution in [-0.4, -0.2) is 17.1 Å². The molecule has 0 saturated heterocycles. The van der Waals surface area contributed by atoms with Crippen LogP contribution < -0.4 is 10.6 Å². The molecule has 0 aliphatic carbocycles. The van der Waals surface area contributed by atoms with Crippen LogP contribution in [0.15, 0.2) is 60.7 Å². The SMILES string of the molecule is CC(C)(C)PC(C)(C)C.[C]=O.[Fe].c1ccc(Pc2ccccc2)cc1. The zero-order valence-electron chi connectivity index (χ0n) is 16.0. The van der Waals surface area contributed by atoms with Crippen molar-refractivity contribution in [3.05, 3.63) is 60.7 Å². The van der Waals surface area contributed by atoms with Crippen molar-refractivity contribution >= 4 is 34.6 Å². The molecule has 25 heavy (non-hydrogen) atoms. The molecule has 0 fully saturated rings. The van der Waals surface area contributed by atoms with Gasteiger partial charge in [-0.3, -0.25) is 4.79 Å². The molecule has 2 aromatic rings. The van der Waals surface area contributed by atoms with Crippen molar-refractivity contribution in [2.24, 2.45) is 0 Å². The largest absolute Gasteiger partial charge is 0.281 e. The van der Waals surface area contributed by atoms with Crippen molar-refractivity contribution in [3.63, 3.8) is 0 Å². The van der Waals surface area contributed by atoms with Gasteiger partial charge in [0.15, 0.2) is 0 Å². The fraction of sp³-hybridized carbons (Fsp3) is 0.381. The Morgan fingerprint density at radius 2 is 0.920 bits per heavy atom. The zero-order chi connectivity index (χ0) is 18.6. The predicted octanol–water partition coefficient (Wildman–Crippen LogP) is 5.18. The Hall–Kier alpha value is -0.511. The molecule has 138 valence electrons. The summed E-state index contributed by atoms with van der Waals surface area (Å²) in [6.45, 7) is 18.3. The average molecular weight is 416 g/mol. The van der Waals surface area contributed by atoms with Gasteiger partial charge in [0.2, 0.25) is 0 Å². The summed E-state index contributed by atoms with van der Waals surface area (Å²) in [5.74, 6) is 0. The van der Waals surface area contributed by atoms with Gasteiger partial charge in [0, 0.05) is 17.1 Å². The molecule has 0 bridgehead atoms. The van der Waals surface area contributed by atoms with E-state index in [9.17, 15) is 0 Å². The van der Waals surface area contributed by atoms with Gasteiger partial charge < -0.3 is 0 Å². The number of rotatable bonds is 2. The normalized spacial score (nSPS) is 10.3. The van der Waals surface area contributed by atoms with Crippen molar-refractivity contribution < 1.29 is 21.9 Å². The molecule has 2 aromatic carbocycles. The predicted molar refractivity (Wildman–Crippen MR) is 114 cm³/mol. The van der Waals surface area contributed by atoms with Gasteiger partial charge >= 0.3 is 0 Å².